The molecule has 2 rings (SSSR count). The number of para-hydroxylation sites is 2. The van der Waals surface area contributed by atoms with Crippen LogP contribution in [0, 0.1) is 10.1 Å². The molecule has 0 unspecified atom stereocenters. The number of nitrogens with zero attached hydrogens (tertiary/aromatic N) is 2. The number of benzene rings is 1. The molecule has 1 N–H and O–H groups in total. The van der Waals surface area contributed by atoms with Crippen molar-refractivity contribution in [3.63, 3.8) is 0 Å². The summed E-state index contributed by atoms with van der Waals surface area (Å²) in [5, 5.41) is 14.0. The molecule has 2 aromatic rings. The molecule has 0 atom stereocenters. The van der Waals surface area contributed by atoms with Crippen molar-refractivity contribution in [2.45, 2.75) is 13.3 Å². The maximum Gasteiger partial charge on any atom is 0.311 e. The minimum Gasteiger partial charge on any atom is -0.432 e. The number of hydrogen-bond acceptors (Lipinski definition) is 5. The molecule has 0 amide bonds. The quantitative estimate of drug-likeness (QED) is 0.642. The number of aromatic nitrogens is 1. The highest BCUT2D eigenvalue weighted by Gasteiger charge is 2.14. The first-order chi connectivity index (χ1) is 9.70. The van der Waals surface area contributed by atoms with Crippen LogP contribution in [0.3, 0.4) is 0 Å². The van der Waals surface area contributed by atoms with Gasteiger partial charge in [-0.15, -0.1) is 0 Å². The molecule has 104 valence electrons. The third kappa shape index (κ3) is 3.44. The second-order valence-corrected chi connectivity index (χ2v) is 4.11. The van der Waals surface area contributed by atoms with Gasteiger partial charge in [0, 0.05) is 18.7 Å². The molecule has 0 aliphatic carbocycles. The third-order valence-corrected chi connectivity index (χ3v) is 2.56. The Hall–Kier alpha value is -2.63. The van der Waals surface area contributed by atoms with Gasteiger partial charge >= 0.3 is 5.69 Å². The molecule has 1 heterocycles. The standard InChI is InChI=1S/C14H15N3O3/c1-2-10-15-13-8-5-9-14(16-13)20-12-7-4-3-6-11(12)17(18)19/h3-9H,2,10H2,1H3,(H,15,16). The zero-order valence-electron chi connectivity index (χ0n) is 11.1. The van der Waals surface area contributed by atoms with E-state index >= 15 is 0 Å². The summed E-state index contributed by atoms with van der Waals surface area (Å²) in [6.45, 7) is 2.86. The van der Waals surface area contributed by atoms with Gasteiger partial charge in [0.1, 0.15) is 5.82 Å². The van der Waals surface area contributed by atoms with Crippen molar-refractivity contribution in [1.29, 1.82) is 0 Å². The van der Waals surface area contributed by atoms with Crippen LogP contribution in [-0.4, -0.2) is 16.5 Å². The maximum atomic E-state index is 10.9. The molecule has 6 heteroatoms. The number of nitro benzene ring substituents is 1. The van der Waals surface area contributed by atoms with Crippen LogP contribution in [0.25, 0.3) is 0 Å². The number of anilines is 1. The van der Waals surface area contributed by atoms with E-state index in [0.717, 1.165) is 13.0 Å². The average molecular weight is 273 g/mol. The molecule has 0 fully saturated rings. The fourth-order valence-corrected chi connectivity index (χ4v) is 1.63. The van der Waals surface area contributed by atoms with Crippen LogP contribution in [0.15, 0.2) is 42.5 Å². The van der Waals surface area contributed by atoms with E-state index in [9.17, 15) is 10.1 Å². The van der Waals surface area contributed by atoms with Gasteiger partial charge in [-0.25, -0.2) is 0 Å². The van der Waals surface area contributed by atoms with Crippen molar-refractivity contribution >= 4 is 11.5 Å². The molecule has 0 radical (unpaired) electrons. The van der Waals surface area contributed by atoms with Crippen molar-refractivity contribution in [3.05, 3.63) is 52.6 Å². The number of pyridine rings is 1. The molecule has 6 nitrogen and oxygen atoms in total. The molecular formula is C14H15N3O3. The summed E-state index contributed by atoms with van der Waals surface area (Å²) in [5.41, 5.74) is -0.0822. The Labute approximate surface area is 116 Å². The monoisotopic (exact) mass is 273 g/mol. The minimum atomic E-state index is -0.478. The summed E-state index contributed by atoms with van der Waals surface area (Å²) in [5.74, 6) is 1.18. The van der Waals surface area contributed by atoms with Crippen LogP contribution in [0.2, 0.25) is 0 Å². The molecule has 0 aliphatic heterocycles. The van der Waals surface area contributed by atoms with Crippen molar-refractivity contribution < 1.29 is 9.66 Å². The molecule has 1 aromatic heterocycles. The number of rotatable bonds is 6. The Kier molecular flexibility index (Phi) is 4.49. The van der Waals surface area contributed by atoms with Gasteiger partial charge in [-0.05, 0) is 18.6 Å². The van der Waals surface area contributed by atoms with Gasteiger partial charge in [-0.3, -0.25) is 10.1 Å². The first-order valence-electron chi connectivity index (χ1n) is 6.33. The Bertz CT molecular complexity index is 602. The van der Waals surface area contributed by atoms with Crippen molar-refractivity contribution in [2.24, 2.45) is 0 Å². The lowest BCUT2D eigenvalue weighted by Gasteiger charge is -2.08. The van der Waals surface area contributed by atoms with Gasteiger partial charge in [-0.1, -0.05) is 25.1 Å². The smallest absolute Gasteiger partial charge is 0.311 e. The van der Waals surface area contributed by atoms with E-state index in [4.69, 9.17) is 4.74 Å². The van der Waals surface area contributed by atoms with Crippen LogP contribution < -0.4 is 10.1 Å². The minimum absolute atomic E-state index is 0.0822. The van der Waals surface area contributed by atoms with Crippen LogP contribution >= 0.6 is 0 Å². The zero-order valence-corrected chi connectivity index (χ0v) is 11.1. The van der Waals surface area contributed by atoms with E-state index in [2.05, 4.69) is 17.2 Å². The summed E-state index contributed by atoms with van der Waals surface area (Å²) in [6, 6.07) is 11.5. The lowest BCUT2D eigenvalue weighted by atomic mass is 10.3. The van der Waals surface area contributed by atoms with E-state index in [1.807, 2.05) is 6.07 Å². The largest absolute Gasteiger partial charge is 0.432 e. The maximum absolute atomic E-state index is 10.9. The van der Waals surface area contributed by atoms with E-state index in [1.54, 1.807) is 30.3 Å². The lowest BCUT2D eigenvalue weighted by Crippen LogP contribution is -2.02. The van der Waals surface area contributed by atoms with Gasteiger partial charge in [0.15, 0.2) is 0 Å². The zero-order chi connectivity index (χ0) is 14.4. The summed E-state index contributed by atoms with van der Waals surface area (Å²) < 4.78 is 5.50. The Morgan fingerprint density at radius 3 is 2.80 bits per heavy atom. The van der Waals surface area contributed by atoms with Crippen LogP contribution in [0.5, 0.6) is 11.6 Å². The van der Waals surface area contributed by atoms with E-state index in [-0.39, 0.29) is 11.4 Å². The third-order valence-electron chi connectivity index (χ3n) is 2.56. The number of hydrogen-bond donors (Lipinski definition) is 1. The fraction of sp³-hybridized carbons (Fsp3) is 0.214. The molecule has 20 heavy (non-hydrogen) atoms. The number of ether oxygens (including phenoxy) is 1. The van der Waals surface area contributed by atoms with Crippen molar-refractivity contribution in [3.8, 4) is 11.6 Å². The summed E-state index contributed by atoms with van der Waals surface area (Å²) in [6.07, 6.45) is 0.983. The molecular weight excluding hydrogens is 258 g/mol. The molecule has 0 bridgehead atoms. The molecule has 1 aromatic carbocycles. The molecule has 0 saturated carbocycles. The van der Waals surface area contributed by atoms with Crippen molar-refractivity contribution in [1.82, 2.24) is 4.98 Å². The number of nitrogens with one attached hydrogen (secondary N) is 1. The first kappa shape index (κ1) is 13.8. The van der Waals surface area contributed by atoms with Gasteiger partial charge in [0.05, 0.1) is 4.92 Å². The number of nitro groups is 1. The Balaban J connectivity index is 2.20. The van der Waals surface area contributed by atoms with Gasteiger partial charge in [-0.2, -0.15) is 4.98 Å². The van der Waals surface area contributed by atoms with Crippen LogP contribution in [0.4, 0.5) is 11.5 Å². The topological polar surface area (TPSA) is 77.3 Å². The highest BCUT2D eigenvalue weighted by molar-refractivity contribution is 5.48. The Morgan fingerprint density at radius 1 is 1.25 bits per heavy atom. The van der Waals surface area contributed by atoms with Gasteiger partial charge in [0.25, 0.3) is 0 Å². The highest BCUT2D eigenvalue weighted by Crippen LogP contribution is 2.30. The second-order valence-electron chi connectivity index (χ2n) is 4.11. The molecule has 0 aliphatic rings. The predicted molar refractivity (Wildman–Crippen MR) is 76.2 cm³/mol. The molecule has 0 saturated heterocycles. The van der Waals surface area contributed by atoms with Crippen molar-refractivity contribution in [2.75, 3.05) is 11.9 Å². The average Bonchev–Trinajstić information content (AvgIpc) is 2.46. The SMILES string of the molecule is CCCNc1cccc(Oc2ccccc2[N+](=O)[O-])n1. The first-order valence-corrected chi connectivity index (χ1v) is 6.33. The van der Waals surface area contributed by atoms with E-state index in [1.165, 1.54) is 6.07 Å². The Morgan fingerprint density at radius 2 is 2.05 bits per heavy atom. The fourth-order valence-electron chi connectivity index (χ4n) is 1.63. The van der Waals surface area contributed by atoms with Crippen LogP contribution in [0.1, 0.15) is 13.3 Å². The summed E-state index contributed by atoms with van der Waals surface area (Å²) in [4.78, 5) is 14.7. The van der Waals surface area contributed by atoms with Gasteiger partial charge in [0.2, 0.25) is 11.6 Å². The van der Waals surface area contributed by atoms with Gasteiger partial charge < -0.3 is 10.1 Å². The molecule has 0 spiro atoms. The summed E-state index contributed by atoms with van der Waals surface area (Å²) in [7, 11) is 0. The van der Waals surface area contributed by atoms with Crippen LogP contribution in [-0.2, 0) is 0 Å². The lowest BCUT2D eigenvalue weighted by molar-refractivity contribution is -0.385. The van der Waals surface area contributed by atoms with E-state index in [0.29, 0.717) is 11.7 Å². The summed E-state index contributed by atoms with van der Waals surface area (Å²) >= 11 is 0. The van der Waals surface area contributed by atoms with E-state index < -0.39 is 4.92 Å². The normalized spacial score (nSPS) is 10.1. The predicted octanol–water partition coefficient (Wildman–Crippen LogP) is 3.60. The second kappa shape index (κ2) is 6.51. The highest BCUT2D eigenvalue weighted by atomic mass is 16.6.